The fourth-order valence-electron chi connectivity index (χ4n) is 3.80. The molecule has 8 heteroatoms. The molecule has 7 nitrogen and oxygen atoms in total. The van der Waals surface area contributed by atoms with Crippen LogP contribution >= 0.6 is 0 Å². The molecular formula is C22H22FN7. The quantitative estimate of drug-likeness (QED) is 0.481. The highest BCUT2D eigenvalue weighted by molar-refractivity contribution is 5.82. The summed E-state index contributed by atoms with van der Waals surface area (Å²) in [7, 11) is 0. The summed E-state index contributed by atoms with van der Waals surface area (Å²) < 4.78 is 14.4. The number of aromatic amines is 1. The van der Waals surface area contributed by atoms with Gasteiger partial charge in [-0.1, -0.05) is 30.3 Å². The number of halogens is 1. The van der Waals surface area contributed by atoms with E-state index in [-0.39, 0.29) is 11.9 Å². The first-order valence-electron chi connectivity index (χ1n) is 10.0. The number of hydrogen-bond acceptors (Lipinski definition) is 6. The van der Waals surface area contributed by atoms with E-state index in [9.17, 15) is 4.39 Å². The Kier molecular flexibility index (Phi) is 4.98. The molecule has 0 amide bonds. The molecular weight excluding hydrogens is 381 g/mol. The van der Waals surface area contributed by atoms with Crippen molar-refractivity contribution in [2.45, 2.75) is 12.5 Å². The lowest BCUT2D eigenvalue weighted by Gasteiger charge is -2.21. The number of aromatic nitrogens is 4. The van der Waals surface area contributed by atoms with Gasteiger partial charge in [-0.05, 0) is 30.2 Å². The number of H-pyrrole nitrogens is 1. The van der Waals surface area contributed by atoms with Gasteiger partial charge in [0.05, 0.1) is 17.9 Å². The van der Waals surface area contributed by atoms with Crippen LogP contribution in [0.5, 0.6) is 0 Å². The summed E-state index contributed by atoms with van der Waals surface area (Å²) in [6.07, 6.45) is 3.88. The van der Waals surface area contributed by atoms with Crippen molar-refractivity contribution in [1.29, 1.82) is 0 Å². The van der Waals surface area contributed by atoms with Gasteiger partial charge in [-0.2, -0.15) is 10.1 Å². The van der Waals surface area contributed by atoms with E-state index in [1.165, 1.54) is 11.8 Å². The SMILES string of the molecule is Fc1cnc(N2CCNC(c3ccccc3)CC2)nc1Nc1ccc2[nH]ncc2c1. The van der Waals surface area contributed by atoms with Crippen LogP contribution in [0.3, 0.4) is 0 Å². The minimum Gasteiger partial charge on any atom is -0.339 e. The van der Waals surface area contributed by atoms with Gasteiger partial charge in [-0.3, -0.25) is 5.10 Å². The molecule has 4 aromatic rings. The first-order chi connectivity index (χ1) is 14.8. The molecule has 1 aliphatic rings. The molecule has 1 unspecified atom stereocenters. The molecule has 2 aromatic heterocycles. The van der Waals surface area contributed by atoms with Crippen molar-refractivity contribution in [2.24, 2.45) is 0 Å². The zero-order chi connectivity index (χ0) is 20.3. The summed E-state index contributed by atoms with van der Waals surface area (Å²) in [5, 5.41) is 14.5. The number of nitrogens with zero attached hydrogens (tertiary/aromatic N) is 4. The summed E-state index contributed by atoms with van der Waals surface area (Å²) in [6.45, 7) is 2.36. The Morgan fingerprint density at radius 2 is 1.97 bits per heavy atom. The van der Waals surface area contributed by atoms with Crippen LogP contribution in [0.15, 0.2) is 60.9 Å². The van der Waals surface area contributed by atoms with Crippen LogP contribution in [0.4, 0.5) is 21.8 Å². The third-order valence-electron chi connectivity index (χ3n) is 5.38. The van der Waals surface area contributed by atoms with Gasteiger partial charge in [-0.25, -0.2) is 9.37 Å². The maximum absolute atomic E-state index is 14.4. The predicted octanol–water partition coefficient (Wildman–Crippen LogP) is 3.78. The maximum atomic E-state index is 14.4. The van der Waals surface area contributed by atoms with Gasteiger partial charge in [0, 0.05) is 36.7 Å². The Morgan fingerprint density at radius 3 is 2.87 bits per heavy atom. The summed E-state index contributed by atoms with van der Waals surface area (Å²) in [5.41, 5.74) is 2.94. The molecule has 5 rings (SSSR count). The number of rotatable bonds is 4. The highest BCUT2D eigenvalue weighted by Crippen LogP contribution is 2.25. The van der Waals surface area contributed by atoms with E-state index < -0.39 is 5.82 Å². The van der Waals surface area contributed by atoms with Gasteiger partial charge in [0.2, 0.25) is 5.95 Å². The lowest BCUT2D eigenvalue weighted by atomic mass is 10.0. The largest absolute Gasteiger partial charge is 0.339 e. The third-order valence-corrected chi connectivity index (χ3v) is 5.38. The zero-order valence-corrected chi connectivity index (χ0v) is 16.3. The molecule has 3 heterocycles. The Labute approximate surface area is 173 Å². The smallest absolute Gasteiger partial charge is 0.227 e. The summed E-state index contributed by atoms with van der Waals surface area (Å²) in [4.78, 5) is 10.8. The Balaban J connectivity index is 1.33. The van der Waals surface area contributed by atoms with E-state index in [4.69, 9.17) is 0 Å². The molecule has 30 heavy (non-hydrogen) atoms. The van der Waals surface area contributed by atoms with Crippen molar-refractivity contribution in [3.8, 4) is 0 Å². The molecule has 0 aliphatic carbocycles. The maximum Gasteiger partial charge on any atom is 0.227 e. The number of hydrogen-bond donors (Lipinski definition) is 3. The molecule has 2 aromatic carbocycles. The zero-order valence-electron chi connectivity index (χ0n) is 16.3. The molecule has 1 fully saturated rings. The van der Waals surface area contributed by atoms with Crippen LogP contribution in [0.1, 0.15) is 18.0 Å². The summed E-state index contributed by atoms with van der Waals surface area (Å²) >= 11 is 0. The van der Waals surface area contributed by atoms with Crippen molar-refractivity contribution >= 4 is 28.4 Å². The van der Waals surface area contributed by atoms with Crippen LogP contribution in [0.25, 0.3) is 10.9 Å². The minimum absolute atomic E-state index is 0.166. The second kappa shape index (κ2) is 8.08. The van der Waals surface area contributed by atoms with Gasteiger partial charge in [0.1, 0.15) is 0 Å². The molecule has 1 saturated heterocycles. The number of nitrogens with one attached hydrogen (secondary N) is 3. The molecule has 152 valence electrons. The van der Waals surface area contributed by atoms with Gasteiger partial charge >= 0.3 is 0 Å². The Morgan fingerprint density at radius 1 is 1.07 bits per heavy atom. The van der Waals surface area contributed by atoms with Crippen LogP contribution in [0, 0.1) is 5.82 Å². The average Bonchev–Trinajstić information content (AvgIpc) is 3.10. The number of benzene rings is 2. The summed E-state index contributed by atoms with van der Waals surface area (Å²) in [5.74, 6) is 0.208. The van der Waals surface area contributed by atoms with Crippen molar-refractivity contribution in [2.75, 3.05) is 29.9 Å². The van der Waals surface area contributed by atoms with Crippen molar-refractivity contribution < 1.29 is 4.39 Å². The van der Waals surface area contributed by atoms with Crippen molar-refractivity contribution in [1.82, 2.24) is 25.5 Å². The number of fused-ring (bicyclic) bond motifs is 1. The highest BCUT2D eigenvalue weighted by Gasteiger charge is 2.20. The molecule has 0 radical (unpaired) electrons. The first kappa shape index (κ1) is 18.5. The van der Waals surface area contributed by atoms with E-state index in [1.54, 1.807) is 6.20 Å². The van der Waals surface area contributed by atoms with Crippen molar-refractivity contribution in [3.63, 3.8) is 0 Å². The standard InChI is InChI=1S/C22H22FN7/c23-18-14-25-22(28-21(18)27-17-6-7-20-16(12-17)13-26-29-20)30-10-8-19(24-9-11-30)15-4-2-1-3-5-15/h1-7,12-14,19,24H,8-11H2,(H,26,29)(H,25,27,28). The van der Waals surface area contributed by atoms with E-state index in [0.29, 0.717) is 5.95 Å². The second-order valence-corrected chi connectivity index (χ2v) is 7.36. The normalized spacial score (nSPS) is 17.1. The van der Waals surface area contributed by atoms with Crippen LogP contribution < -0.4 is 15.5 Å². The topological polar surface area (TPSA) is 81.8 Å². The lowest BCUT2D eigenvalue weighted by molar-refractivity contribution is 0.550. The van der Waals surface area contributed by atoms with E-state index in [2.05, 4.69) is 60.0 Å². The second-order valence-electron chi connectivity index (χ2n) is 7.36. The minimum atomic E-state index is -0.485. The van der Waals surface area contributed by atoms with Gasteiger partial charge < -0.3 is 15.5 Å². The van der Waals surface area contributed by atoms with Crippen molar-refractivity contribution in [3.05, 3.63) is 72.3 Å². The average molecular weight is 403 g/mol. The highest BCUT2D eigenvalue weighted by atomic mass is 19.1. The van der Waals surface area contributed by atoms with E-state index in [0.717, 1.165) is 42.6 Å². The number of anilines is 3. The fraction of sp³-hybridized carbons (Fsp3) is 0.227. The fourth-order valence-corrected chi connectivity index (χ4v) is 3.80. The molecule has 3 N–H and O–H groups in total. The Hall–Kier alpha value is -3.52. The molecule has 0 bridgehead atoms. The molecule has 0 spiro atoms. The van der Waals surface area contributed by atoms with E-state index >= 15 is 0 Å². The lowest BCUT2D eigenvalue weighted by Crippen LogP contribution is -2.29. The monoisotopic (exact) mass is 403 g/mol. The Bertz CT molecular complexity index is 1140. The van der Waals surface area contributed by atoms with Gasteiger partial charge in [0.25, 0.3) is 0 Å². The molecule has 1 atom stereocenters. The third kappa shape index (κ3) is 3.81. The van der Waals surface area contributed by atoms with E-state index in [1.807, 2.05) is 24.3 Å². The van der Waals surface area contributed by atoms with Crippen LogP contribution in [-0.4, -0.2) is 39.8 Å². The summed E-state index contributed by atoms with van der Waals surface area (Å²) in [6, 6.07) is 16.4. The first-order valence-corrected chi connectivity index (χ1v) is 10.0. The predicted molar refractivity (Wildman–Crippen MR) is 115 cm³/mol. The van der Waals surface area contributed by atoms with Crippen LogP contribution in [-0.2, 0) is 0 Å². The van der Waals surface area contributed by atoms with Crippen LogP contribution in [0.2, 0.25) is 0 Å². The van der Waals surface area contributed by atoms with Gasteiger partial charge in [0.15, 0.2) is 11.6 Å². The van der Waals surface area contributed by atoms with Gasteiger partial charge in [-0.15, -0.1) is 0 Å². The molecule has 1 aliphatic heterocycles. The molecule has 0 saturated carbocycles.